The largest absolute Gasteiger partial charge is 0.289 e. The summed E-state index contributed by atoms with van der Waals surface area (Å²) < 4.78 is 40.5. The summed E-state index contributed by atoms with van der Waals surface area (Å²) >= 11 is 5.84. The Morgan fingerprint density at radius 1 is 1.30 bits per heavy atom. The van der Waals surface area contributed by atoms with Crippen molar-refractivity contribution >= 4 is 32.9 Å². The van der Waals surface area contributed by atoms with Gasteiger partial charge >= 0.3 is 0 Å². The lowest BCUT2D eigenvalue weighted by atomic mass is 10.0. The Hall–Kier alpha value is -2.36. The van der Waals surface area contributed by atoms with E-state index in [1.54, 1.807) is 6.08 Å². The third-order valence-electron chi connectivity index (χ3n) is 4.31. The van der Waals surface area contributed by atoms with Gasteiger partial charge in [0.25, 0.3) is 5.69 Å². The van der Waals surface area contributed by atoms with E-state index in [0.29, 0.717) is 17.5 Å². The fraction of sp³-hybridized carbons (Fsp3) is 0.235. The van der Waals surface area contributed by atoms with Crippen molar-refractivity contribution in [3.05, 3.63) is 68.7 Å². The summed E-state index contributed by atoms with van der Waals surface area (Å²) in [4.78, 5) is 14.0. The number of hydrogen-bond acceptors (Lipinski definition) is 5. The number of halogens is 2. The van der Waals surface area contributed by atoms with Gasteiger partial charge in [0.15, 0.2) is 0 Å². The Bertz CT molecular complexity index is 1060. The minimum Gasteiger partial charge on any atom is -0.261 e. The second kappa shape index (κ2) is 7.34. The minimum absolute atomic E-state index is 0.0735. The normalized spacial score (nSPS) is 15.4. The van der Waals surface area contributed by atoms with E-state index in [1.807, 2.05) is 0 Å². The van der Waals surface area contributed by atoms with Gasteiger partial charge in [-0.2, -0.15) is 4.31 Å². The summed E-state index contributed by atoms with van der Waals surface area (Å²) in [6.07, 6.45) is 4.68. The molecule has 0 atom stereocenters. The zero-order chi connectivity index (χ0) is 19.8. The Morgan fingerprint density at radius 2 is 2.04 bits per heavy atom. The molecule has 0 amide bonds. The van der Waals surface area contributed by atoms with E-state index in [1.165, 1.54) is 29.6 Å². The summed E-state index contributed by atoms with van der Waals surface area (Å²) in [6, 6.07) is 3.61. The molecule has 1 aliphatic rings. The lowest BCUT2D eigenvalue weighted by molar-refractivity contribution is -0.384. The second-order valence-electron chi connectivity index (χ2n) is 6.06. The maximum atomic E-state index is 13.3. The van der Waals surface area contributed by atoms with Crippen molar-refractivity contribution in [3.8, 4) is 0 Å². The van der Waals surface area contributed by atoms with Gasteiger partial charge in [-0.05, 0) is 42.2 Å². The highest BCUT2D eigenvalue weighted by Crippen LogP contribution is 2.33. The van der Waals surface area contributed by atoms with Gasteiger partial charge < -0.3 is 0 Å². The lowest BCUT2D eigenvalue weighted by Crippen LogP contribution is -2.35. The summed E-state index contributed by atoms with van der Waals surface area (Å²) in [6.45, 7) is 1.77. The van der Waals surface area contributed by atoms with Crippen LogP contribution in [0.25, 0.3) is 5.57 Å². The summed E-state index contributed by atoms with van der Waals surface area (Å²) in [5.74, 6) is -0.465. The van der Waals surface area contributed by atoms with Crippen molar-refractivity contribution in [2.75, 3.05) is 13.1 Å². The molecule has 0 aliphatic carbocycles. The van der Waals surface area contributed by atoms with E-state index >= 15 is 0 Å². The van der Waals surface area contributed by atoms with Gasteiger partial charge in [-0.25, -0.2) is 12.8 Å². The van der Waals surface area contributed by atoms with Gasteiger partial charge in [-0.1, -0.05) is 17.7 Å². The molecular weight excluding hydrogens is 397 g/mol. The van der Waals surface area contributed by atoms with Crippen LogP contribution in [0.1, 0.15) is 17.5 Å². The first-order valence-corrected chi connectivity index (χ1v) is 9.76. The average molecular weight is 412 g/mol. The molecule has 1 aromatic carbocycles. The zero-order valence-corrected chi connectivity index (χ0v) is 15.8. The number of nitro benzene ring substituents is 1. The number of rotatable bonds is 4. The number of pyridine rings is 1. The highest BCUT2D eigenvalue weighted by molar-refractivity contribution is 7.89. The van der Waals surface area contributed by atoms with E-state index < -0.39 is 26.5 Å². The van der Waals surface area contributed by atoms with Gasteiger partial charge in [0.2, 0.25) is 10.0 Å². The maximum absolute atomic E-state index is 13.3. The van der Waals surface area contributed by atoms with Crippen LogP contribution < -0.4 is 0 Å². The van der Waals surface area contributed by atoms with E-state index in [-0.39, 0.29) is 23.0 Å². The molecule has 1 aliphatic heterocycles. The molecule has 0 unspecified atom stereocenters. The van der Waals surface area contributed by atoms with Crippen molar-refractivity contribution in [1.82, 2.24) is 9.29 Å². The molecule has 0 saturated carbocycles. The quantitative estimate of drug-likeness (QED) is 0.566. The highest BCUT2D eigenvalue weighted by atomic mass is 35.5. The van der Waals surface area contributed by atoms with Crippen LogP contribution in [0.4, 0.5) is 10.1 Å². The molecule has 0 N–H and O–H groups in total. The Balaban J connectivity index is 1.91. The van der Waals surface area contributed by atoms with E-state index in [0.717, 1.165) is 17.8 Å². The standard InChI is InChI=1S/C17H15ClFN3O4S/c1-11-6-15(18)16(22(23)24)8-17(11)27(25,26)21-4-2-12(3-5-21)13-7-14(19)10-20-9-13/h2,6-10H,3-5H2,1H3. The first kappa shape index (κ1) is 19.4. The minimum atomic E-state index is -3.94. The summed E-state index contributed by atoms with van der Waals surface area (Å²) in [7, 11) is -3.94. The van der Waals surface area contributed by atoms with Crippen molar-refractivity contribution in [3.63, 3.8) is 0 Å². The summed E-state index contributed by atoms with van der Waals surface area (Å²) in [5, 5.41) is 11.0. The van der Waals surface area contributed by atoms with Crippen LogP contribution in [0.5, 0.6) is 0 Å². The van der Waals surface area contributed by atoms with Crippen molar-refractivity contribution in [2.24, 2.45) is 0 Å². The van der Waals surface area contributed by atoms with Gasteiger partial charge in [0.05, 0.1) is 16.0 Å². The fourth-order valence-corrected chi connectivity index (χ4v) is 4.81. The number of aromatic nitrogens is 1. The zero-order valence-electron chi connectivity index (χ0n) is 14.2. The first-order chi connectivity index (χ1) is 12.7. The third kappa shape index (κ3) is 3.85. The van der Waals surface area contributed by atoms with Crippen LogP contribution in [0, 0.1) is 22.9 Å². The molecule has 2 heterocycles. The molecule has 142 valence electrons. The number of benzene rings is 1. The summed E-state index contributed by atoms with van der Waals surface area (Å²) in [5.41, 5.74) is 1.27. The topological polar surface area (TPSA) is 93.4 Å². The third-order valence-corrected chi connectivity index (χ3v) is 6.62. The van der Waals surface area contributed by atoms with Crippen LogP contribution in [0.3, 0.4) is 0 Å². The lowest BCUT2D eigenvalue weighted by Gasteiger charge is -2.26. The molecule has 0 radical (unpaired) electrons. The van der Waals surface area contributed by atoms with E-state index in [2.05, 4.69) is 4.98 Å². The number of nitro groups is 1. The molecule has 0 saturated heterocycles. The molecule has 0 fully saturated rings. The van der Waals surface area contributed by atoms with Crippen LogP contribution >= 0.6 is 11.6 Å². The van der Waals surface area contributed by atoms with Crippen molar-refractivity contribution < 1.29 is 17.7 Å². The predicted molar refractivity (Wildman–Crippen MR) is 98.4 cm³/mol. The highest BCUT2D eigenvalue weighted by Gasteiger charge is 2.30. The van der Waals surface area contributed by atoms with E-state index in [4.69, 9.17) is 11.6 Å². The van der Waals surface area contributed by atoms with Gasteiger partial charge in [-0.15, -0.1) is 0 Å². The number of nitrogens with zero attached hydrogens (tertiary/aromatic N) is 3. The van der Waals surface area contributed by atoms with Crippen molar-refractivity contribution in [2.45, 2.75) is 18.2 Å². The smallest absolute Gasteiger partial charge is 0.261 e. The first-order valence-electron chi connectivity index (χ1n) is 7.95. The Kier molecular flexibility index (Phi) is 5.27. The molecule has 10 heteroatoms. The number of hydrogen-bond donors (Lipinski definition) is 0. The predicted octanol–water partition coefficient (Wildman–Crippen LogP) is 3.57. The Morgan fingerprint density at radius 3 is 2.63 bits per heavy atom. The SMILES string of the molecule is Cc1cc(Cl)c([N+](=O)[O-])cc1S(=O)(=O)N1CC=C(c2cncc(F)c2)CC1. The van der Waals surface area contributed by atoms with Crippen molar-refractivity contribution in [1.29, 1.82) is 0 Å². The van der Waals surface area contributed by atoms with E-state index in [9.17, 15) is 22.9 Å². The molecular formula is C17H15ClFN3O4S. The second-order valence-corrected chi connectivity index (χ2v) is 8.37. The average Bonchev–Trinajstić information content (AvgIpc) is 2.61. The Labute approximate surface area is 160 Å². The molecule has 27 heavy (non-hydrogen) atoms. The molecule has 7 nitrogen and oxygen atoms in total. The molecule has 2 aromatic rings. The maximum Gasteiger partial charge on any atom is 0.289 e. The van der Waals surface area contributed by atoms with Crippen LogP contribution in [-0.2, 0) is 10.0 Å². The number of aryl methyl sites for hydroxylation is 1. The van der Waals surface area contributed by atoms with Gasteiger partial charge in [0.1, 0.15) is 10.8 Å². The molecule has 3 rings (SSSR count). The van der Waals surface area contributed by atoms with Crippen LogP contribution in [0.2, 0.25) is 5.02 Å². The van der Waals surface area contributed by atoms with Crippen LogP contribution in [-0.4, -0.2) is 35.7 Å². The fourth-order valence-electron chi connectivity index (χ4n) is 2.92. The number of sulfonamides is 1. The molecule has 0 spiro atoms. The van der Waals surface area contributed by atoms with Crippen LogP contribution in [0.15, 0.2) is 41.6 Å². The molecule has 0 bridgehead atoms. The van der Waals surface area contributed by atoms with Gasteiger partial charge in [-0.3, -0.25) is 15.1 Å². The van der Waals surface area contributed by atoms with Gasteiger partial charge in [0, 0.05) is 25.4 Å². The molecule has 1 aromatic heterocycles. The monoisotopic (exact) mass is 411 g/mol.